The van der Waals surface area contributed by atoms with E-state index in [1.807, 2.05) is 42.5 Å². The van der Waals surface area contributed by atoms with Crippen LogP contribution in [-0.2, 0) is 6.61 Å². The van der Waals surface area contributed by atoms with Gasteiger partial charge >= 0.3 is 0 Å². The molecule has 1 amide bonds. The fourth-order valence-electron chi connectivity index (χ4n) is 3.55. The molecule has 0 saturated carbocycles. The lowest BCUT2D eigenvalue weighted by Gasteiger charge is -2.11. The summed E-state index contributed by atoms with van der Waals surface area (Å²) in [6.07, 6.45) is 1.49. The van der Waals surface area contributed by atoms with Gasteiger partial charge in [0.15, 0.2) is 11.5 Å². The van der Waals surface area contributed by atoms with Crippen molar-refractivity contribution >= 4 is 22.9 Å². The number of carbonyl (C=O) groups is 1. The van der Waals surface area contributed by atoms with Crippen LogP contribution >= 0.6 is 0 Å². The lowest BCUT2D eigenvalue weighted by molar-refractivity contribution is 0.0955. The Labute approximate surface area is 203 Å². The number of nitrogens with one attached hydrogen (secondary N) is 1. The number of amides is 1. The van der Waals surface area contributed by atoms with E-state index in [-0.39, 0.29) is 5.91 Å². The molecule has 4 aromatic carbocycles. The van der Waals surface area contributed by atoms with Crippen LogP contribution in [0, 0.1) is 0 Å². The van der Waals surface area contributed by atoms with Crippen LogP contribution in [0.25, 0.3) is 10.8 Å². The van der Waals surface area contributed by atoms with E-state index >= 15 is 0 Å². The van der Waals surface area contributed by atoms with Gasteiger partial charge < -0.3 is 18.9 Å². The molecule has 4 aromatic rings. The molecule has 35 heavy (non-hydrogen) atoms. The van der Waals surface area contributed by atoms with Gasteiger partial charge in [0, 0.05) is 17.2 Å². The number of hydrogen-bond acceptors (Lipinski definition) is 6. The molecule has 0 aliphatic heterocycles. The van der Waals surface area contributed by atoms with Crippen LogP contribution in [0.5, 0.6) is 23.0 Å². The van der Waals surface area contributed by atoms with Gasteiger partial charge in [0.05, 0.1) is 27.5 Å². The predicted molar refractivity (Wildman–Crippen MR) is 136 cm³/mol. The van der Waals surface area contributed by atoms with Crippen molar-refractivity contribution in [1.29, 1.82) is 0 Å². The highest BCUT2D eigenvalue weighted by atomic mass is 16.5. The van der Waals surface area contributed by atoms with E-state index in [1.165, 1.54) is 11.6 Å². The Morgan fingerprint density at radius 2 is 1.49 bits per heavy atom. The Morgan fingerprint density at radius 1 is 0.800 bits per heavy atom. The normalized spacial score (nSPS) is 10.8. The van der Waals surface area contributed by atoms with Crippen LogP contribution in [0.1, 0.15) is 21.5 Å². The van der Waals surface area contributed by atoms with Gasteiger partial charge in [-0.15, -0.1) is 0 Å². The largest absolute Gasteiger partial charge is 0.496 e. The zero-order valence-electron chi connectivity index (χ0n) is 19.8. The van der Waals surface area contributed by atoms with E-state index in [0.717, 1.165) is 16.7 Å². The number of rotatable bonds is 9. The maximum absolute atomic E-state index is 12.5. The van der Waals surface area contributed by atoms with E-state index < -0.39 is 0 Å². The highest BCUT2D eigenvalue weighted by Gasteiger charge is 2.11. The lowest BCUT2D eigenvalue weighted by atomic mass is 10.1. The number of ether oxygens (including phenoxy) is 4. The fourth-order valence-corrected chi connectivity index (χ4v) is 3.55. The average Bonchev–Trinajstić information content (AvgIpc) is 2.91. The standard InChI is InChI=1S/C28H26N2O5/c1-32-25-16-27(34-3)26(33-2)15-23(25)17-29-30-28(31)21-10-8-19(9-11-21)18-35-24-13-12-20-6-4-5-7-22(20)14-24/h4-17H,18H2,1-3H3,(H,30,31)/b29-17+. The third-order valence-electron chi connectivity index (χ3n) is 5.45. The van der Waals surface area contributed by atoms with Gasteiger partial charge in [-0.05, 0) is 46.7 Å². The topological polar surface area (TPSA) is 78.4 Å². The summed E-state index contributed by atoms with van der Waals surface area (Å²) in [5.41, 5.74) is 4.60. The Kier molecular flexibility index (Phi) is 7.47. The van der Waals surface area contributed by atoms with E-state index in [2.05, 4.69) is 22.7 Å². The van der Waals surface area contributed by atoms with Crippen molar-refractivity contribution in [2.45, 2.75) is 6.61 Å². The molecule has 7 heteroatoms. The van der Waals surface area contributed by atoms with Gasteiger partial charge in [-0.1, -0.05) is 42.5 Å². The first-order chi connectivity index (χ1) is 17.1. The molecule has 1 N–H and O–H groups in total. The summed E-state index contributed by atoms with van der Waals surface area (Å²) in [4.78, 5) is 12.5. The third kappa shape index (κ3) is 5.70. The molecule has 0 heterocycles. The lowest BCUT2D eigenvalue weighted by Crippen LogP contribution is -2.17. The van der Waals surface area contributed by atoms with Crippen molar-refractivity contribution < 1.29 is 23.7 Å². The Morgan fingerprint density at radius 3 is 2.20 bits per heavy atom. The van der Waals surface area contributed by atoms with Gasteiger partial charge in [-0.3, -0.25) is 4.79 Å². The predicted octanol–water partition coefficient (Wildman–Crippen LogP) is 5.21. The van der Waals surface area contributed by atoms with Crippen molar-refractivity contribution in [3.05, 3.63) is 95.6 Å². The first kappa shape index (κ1) is 23.6. The second-order valence-corrected chi connectivity index (χ2v) is 7.64. The van der Waals surface area contributed by atoms with Gasteiger partial charge in [0.2, 0.25) is 0 Å². The van der Waals surface area contributed by atoms with Gasteiger partial charge in [-0.25, -0.2) is 5.43 Å². The number of hydrogen-bond donors (Lipinski definition) is 1. The molecule has 0 aliphatic rings. The van der Waals surface area contributed by atoms with Crippen molar-refractivity contribution in [3.8, 4) is 23.0 Å². The Balaban J connectivity index is 1.36. The molecular weight excluding hydrogens is 444 g/mol. The molecule has 0 spiro atoms. The molecule has 0 bridgehead atoms. The summed E-state index contributed by atoms with van der Waals surface area (Å²) in [6.45, 7) is 0.400. The highest BCUT2D eigenvalue weighted by molar-refractivity contribution is 5.95. The van der Waals surface area contributed by atoms with Crippen molar-refractivity contribution in [3.63, 3.8) is 0 Å². The molecule has 178 valence electrons. The molecule has 0 aromatic heterocycles. The maximum Gasteiger partial charge on any atom is 0.271 e. The second-order valence-electron chi connectivity index (χ2n) is 7.64. The van der Waals surface area contributed by atoms with Crippen LogP contribution in [0.2, 0.25) is 0 Å². The van der Waals surface area contributed by atoms with Crippen molar-refractivity contribution in [2.75, 3.05) is 21.3 Å². The monoisotopic (exact) mass is 470 g/mol. The summed E-state index contributed by atoms with van der Waals surface area (Å²) in [5.74, 6) is 2.07. The second kappa shape index (κ2) is 11.1. The summed E-state index contributed by atoms with van der Waals surface area (Å²) < 4.78 is 21.9. The fraction of sp³-hybridized carbons (Fsp3) is 0.143. The zero-order chi connectivity index (χ0) is 24.6. The molecule has 0 unspecified atom stereocenters. The molecule has 0 saturated heterocycles. The summed E-state index contributed by atoms with van der Waals surface area (Å²) in [6, 6.07) is 24.8. The molecule has 7 nitrogen and oxygen atoms in total. The third-order valence-corrected chi connectivity index (χ3v) is 5.45. The van der Waals surface area contributed by atoms with Crippen LogP contribution < -0.4 is 24.4 Å². The summed E-state index contributed by atoms with van der Waals surface area (Å²) in [5, 5.41) is 6.35. The molecular formula is C28H26N2O5. The van der Waals surface area contributed by atoms with E-state index in [0.29, 0.717) is 35.0 Å². The van der Waals surface area contributed by atoms with Crippen LogP contribution in [0.15, 0.2) is 84.0 Å². The first-order valence-corrected chi connectivity index (χ1v) is 10.9. The smallest absolute Gasteiger partial charge is 0.271 e. The van der Waals surface area contributed by atoms with Gasteiger partial charge in [0.25, 0.3) is 5.91 Å². The number of benzene rings is 4. The highest BCUT2D eigenvalue weighted by Crippen LogP contribution is 2.33. The Hall–Kier alpha value is -4.52. The van der Waals surface area contributed by atoms with Crippen LogP contribution in [0.3, 0.4) is 0 Å². The van der Waals surface area contributed by atoms with Gasteiger partial charge in [0.1, 0.15) is 18.1 Å². The summed E-state index contributed by atoms with van der Waals surface area (Å²) in [7, 11) is 4.64. The molecule has 0 atom stereocenters. The Bertz CT molecular complexity index is 1350. The minimum Gasteiger partial charge on any atom is -0.496 e. The van der Waals surface area contributed by atoms with E-state index in [1.54, 1.807) is 45.6 Å². The van der Waals surface area contributed by atoms with Crippen molar-refractivity contribution in [2.24, 2.45) is 5.10 Å². The van der Waals surface area contributed by atoms with Crippen LogP contribution in [0.4, 0.5) is 0 Å². The average molecular weight is 471 g/mol. The molecule has 0 radical (unpaired) electrons. The van der Waals surface area contributed by atoms with Crippen LogP contribution in [-0.4, -0.2) is 33.5 Å². The number of hydrazone groups is 1. The number of fused-ring (bicyclic) bond motifs is 1. The summed E-state index contributed by atoms with van der Waals surface area (Å²) >= 11 is 0. The minimum absolute atomic E-state index is 0.331. The quantitative estimate of drug-likeness (QED) is 0.268. The van der Waals surface area contributed by atoms with E-state index in [9.17, 15) is 4.79 Å². The molecule has 4 rings (SSSR count). The molecule has 0 aliphatic carbocycles. The van der Waals surface area contributed by atoms with Gasteiger partial charge in [-0.2, -0.15) is 5.10 Å². The number of carbonyl (C=O) groups excluding carboxylic acids is 1. The SMILES string of the molecule is COc1cc(OC)c(OC)cc1/C=N/NC(=O)c1ccc(COc2ccc3ccccc3c2)cc1. The number of methoxy groups -OCH3 is 3. The maximum atomic E-state index is 12.5. The zero-order valence-corrected chi connectivity index (χ0v) is 19.8. The van der Waals surface area contributed by atoms with E-state index in [4.69, 9.17) is 18.9 Å². The first-order valence-electron chi connectivity index (χ1n) is 10.9. The minimum atomic E-state index is -0.331. The van der Waals surface area contributed by atoms with Crippen molar-refractivity contribution in [1.82, 2.24) is 5.43 Å². The molecule has 0 fully saturated rings. The number of nitrogens with zero attached hydrogens (tertiary/aromatic N) is 1.